The van der Waals surface area contributed by atoms with Crippen LogP contribution < -0.4 is 5.19 Å². The third-order valence-electron chi connectivity index (χ3n) is 6.57. The maximum absolute atomic E-state index is 10.0. The number of pyridine rings is 1. The number of benzene rings is 3. The summed E-state index contributed by atoms with van der Waals surface area (Å²) < 4.78 is 6.31. The van der Waals surface area contributed by atoms with Gasteiger partial charge in [-0.2, -0.15) is 0 Å². The van der Waals surface area contributed by atoms with Gasteiger partial charge in [-0.3, -0.25) is 4.79 Å². The smallest absolute Gasteiger partial charge is 0.155 e. The zero-order chi connectivity index (χ0) is 28.3. The van der Waals surface area contributed by atoms with Gasteiger partial charge >= 0.3 is 0 Å². The van der Waals surface area contributed by atoms with E-state index in [1.165, 1.54) is 36.1 Å². The van der Waals surface area contributed by atoms with Crippen molar-refractivity contribution in [2.24, 2.45) is 0 Å². The molecule has 6 heteroatoms. The molecule has 1 N–H and O–H groups in total. The van der Waals surface area contributed by atoms with Gasteiger partial charge < -0.3 is 14.5 Å². The van der Waals surface area contributed by atoms with Crippen LogP contribution in [-0.4, -0.2) is 23.9 Å². The predicted octanol–water partition coefficient (Wildman–Crippen LogP) is 8.82. The molecule has 40 heavy (non-hydrogen) atoms. The molecular weight excluding hydrogens is 691 g/mol. The zero-order valence-corrected chi connectivity index (χ0v) is 27.5. The van der Waals surface area contributed by atoms with Crippen LogP contribution in [-0.2, 0) is 24.9 Å². The van der Waals surface area contributed by atoms with Crippen LogP contribution in [0.15, 0.2) is 89.2 Å². The van der Waals surface area contributed by atoms with Crippen LogP contribution >= 0.6 is 0 Å². The Morgan fingerprint density at radius 1 is 0.975 bits per heavy atom. The van der Waals surface area contributed by atoms with Crippen LogP contribution in [0.25, 0.3) is 44.3 Å². The number of aliphatic hydroxyl groups is 1. The van der Waals surface area contributed by atoms with E-state index in [0.29, 0.717) is 5.92 Å². The second kappa shape index (κ2) is 12.9. The van der Waals surface area contributed by atoms with Crippen molar-refractivity contribution in [2.75, 3.05) is 0 Å². The Morgan fingerprint density at radius 2 is 1.68 bits per heavy atom. The Balaban J connectivity index is 0.000000492. The van der Waals surface area contributed by atoms with Gasteiger partial charge in [0.1, 0.15) is 5.76 Å². The number of allylic oxidation sites excluding steroid dienone is 2. The van der Waals surface area contributed by atoms with Gasteiger partial charge in [0.2, 0.25) is 0 Å². The number of aromatic nitrogens is 1. The largest absolute Gasteiger partial charge is 0.512 e. The topological polar surface area (TPSA) is 63.3 Å². The van der Waals surface area contributed by atoms with Crippen molar-refractivity contribution in [1.82, 2.24) is 4.98 Å². The Kier molecular flexibility index (Phi) is 10.1. The minimum atomic E-state index is -1.38. The van der Waals surface area contributed by atoms with Crippen LogP contribution in [0, 0.1) is 6.07 Å². The Bertz CT molecular complexity index is 1660. The van der Waals surface area contributed by atoms with Gasteiger partial charge in [0.15, 0.2) is 5.78 Å². The molecule has 2 heterocycles. The molecule has 1 radical (unpaired) electrons. The second-order valence-corrected chi connectivity index (χ2v) is 16.3. The van der Waals surface area contributed by atoms with E-state index in [0.717, 1.165) is 38.9 Å². The molecule has 0 spiro atoms. The van der Waals surface area contributed by atoms with E-state index in [1.54, 1.807) is 0 Å². The maximum Gasteiger partial charge on any atom is 0.155 e. The standard InChI is InChI=1S/C29H28NOSi.C5H8O2.Ir/c1-19(2)25-16-22(17-28-26(25)18-27(31-28)20-9-7-6-8-10-20)29-24-12-11-23(32(3,4)5)15-21(24)13-14-30-29;1-4(6)3-5(2)7;/h6-16,18-19H,1-5H3;3,6H,1-2H3;/q-1;;/b;4-3-;. The molecule has 0 unspecified atom stereocenters. The normalized spacial score (nSPS) is 11.8. The van der Waals surface area contributed by atoms with E-state index in [1.807, 2.05) is 24.4 Å². The molecular formula is C34H36IrNO3Si-. The van der Waals surface area contributed by atoms with Gasteiger partial charge in [0.25, 0.3) is 0 Å². The van der Waals surface area contributed by atoms with Crippen LogP contribution in [0.5, 0.6) is 0 Å². The molecule has 0 saturated heterocycles. The maximum atomic E-state index is 10.0. The van der Waals surface area contributed by atoms with Crippen molar-refractivity contribution >= 4 is 40.8 Å². The van der Waals surface area contributed by atoms with Crippen LogP contribution in [0.3, 0.4) is 0 Å². The number of nitrogens with zero attached hydrogens (tertiary/aromatic N) is 1. The van der Waals surface area contributed by atoms with Gasteiger partial charge in [-0.15, -0.1) is 17.2 Å². The molecule has 0 saturated carbocycles. The van der Waals surface area contributed by atoms with Crippen LogP contribution in [0.2, 0.25) is 19.6 Å². The fourth-order valence-corrected chi connectivity index (χ4v) is 5.76. The van der Waals surface area contributed by atoms with E-state index in [2.05, 4.69) is 88.1 Å². The quantitative estimate of drug-likeness (QED) is 0.0852. The Hall–Kier alpha value is -3.31. The number of hydrogen-bond acceptors (Lipinski definition) is 4. The Morgan fingerprint density at radius 3 is 2.25 bits per heavy atom. The number of carbonyl (C=O) groups is 1. The molecule has 209 valence electrons. The number of hydrogen-bond donors (Lipinski definition) is 1. The first kappa shape index (κ1) is 31.2. The fourth-order valence-electron chi connectivity index (χ4n) is 4.59. The van der Waals surface area contributed by atoms with E-state index >= 15 is 0 Å². The Labute approximate surface area is 251 Å². The molecule has 0 aliphatic heterocycles. The van der Waals surface area contributed by atoms with Crippen molar-refractivity contribution in [3.8, 4) is 22.6 Å². The first-order valence-corrected chi connectivity index (χ1v) is 16.8. The van der Waals surface area contributed by atoms with Gasteiger partial charge in [-0.25, -0.2) is 0 Å². The molecule has 5 rings (SSSR count). The molecule has 0 atom stereocenters. The van der Waals surface area contributed by atoms with Gasteiger partial charge in [0.05, 0.1) is 19.4 Å². The predicted molar refractivity (Wildman–Crippen MR) is 165 cm³/mol. The first-order chi connectivity index (χ1) is 18.4. The molecule has 0 bridgehead atoms. The number of furan rings is 1. The fraction of sp³-hybridized carbons (Fsp3) is 0.235. The van der Waals surface area contributed by atoms with Crippen LogP contribution in [0.4, 0.5) is 0 Å². The molecule has 2 aromatic heterocycles. The summed E-state index contributed by atoms with van der Waals surface area (Å²) in [6.07, 6.45) is 3.08. The van der Waals surface area contributed by atoms with Crippen LogP contribution in [0.1, 0.15) is 39.2 Å². The number of carbonyl (C=O) groups excluding carboxylic acids is 1. The average Bonchev–Trinajstić information content (AvgIpc) is 3.31. The third kappa shape index (κ3) is 7.25. The summed E-state index contributed by atoms with van der Waals surface area (Å²) in [7, 11) is -1.38. The minimum absolute atomic E-state index is 0. The summed E-state index contributed by atoms with van der Waals surface area (Å²) in [6, 6.07) is 27.2. The molecule has 0 aliphatic rings. The van der Waals surface area contributed by atoms with Gasteiger partial charge in [-0.1, -0.05) is 98.7 Å². The number of ketones is 1. The van der Waals surface area contributed by atoms with Crippen molar-refractivity contribution in [2.45, 2.75) is 53.3 Å². The first-order valence-electron chi connectivity index (χ1n) is 13.3. The van der Waals surface area contributed by atoms with Crippen molar-refractivity contribution in [3.63, 3.8) is 0 Å². The SMILES string of the molecule is CC(=O)/C=C(/C)O.CC(C)c1cc(-c2nccc3cc([Si](C)(C)C)ccc23)[c-]c2oc(-c3ccccc3)cc12.[Ir]. The summed E-state index contributed by atoms with van der Waals surface area (Å²) in [5.74, 6) is 1.18. The van der Waals surface area contributed by atoms with Gasteiger partial charge in [0, 0.05) is 37.9 Å². The van der Waals surface area contributed by atoms with E-state index in [-0.39, 0.29) is 31.6 Å². The summed E-state index contributed by atoms with van der Waals surface area (Å²) in [5, 5.41) is 13.3. The summed E-state index contributed by atoms with van der Waals surface area (Å²) >= 11 is 0. The number of aliphatic hydroxyl groups excluding tert-OH is 1. The zero-order valence-electron chi connectivity index (χ0n) is 24.1. The average molecular weight is 727 g/mol. The summed E-state index contributed by atoms with van der Waals surface area (Å²) in [5.41, 5.74) is 5.09. The number of rotatable bonds is 5. The second-order valence-electron chi connectivity index (χ2n) is 11.3. The van der Waals surface area contributed by atoms with Crippen molar-refractivity contribution in [3.05, 3.63) is 96.4 Å². The number of fused-ring (bicyclic) bond motifs is 2. The summed E-state index contributed by atoms with van der Waals surface area (Å²) in [4.78, 5) is 14.8. The van der Waals surface area contributed by atoms with E-state index < -0.39 is 8.07 Å². The molecule has 5 aromatic rings. The van der Waals surface area contributed by atoms with Crippen molar-refractivity contribution in [1.29, 1.82) is 0 Å². The van der Waals surface area contributed by atoms with Gasteiger partial charge in [-0.05, 0) is 48.4 Å². The monoisotopic (exact) mass is 727 g/mol. The molecule has 0 aliphatic carbocycles. The molecule has 0 fully saturated rings. The molecule has 3 aromatic carbocycles. The van der Waals surface area contributed by atoms with E-state index in [9.17, 15) is 4.79 Å². The molecule has 4 nitrogen and oxygen atoms in total. The summed E-state index contributed by atoms with van der Waals surface area (Å²) in [6.45, 7) is 14.5. The van der Waals surface area contributed by atoms with E-state index in [4.69, 9.17) is 14.5 Å². The molecule has 0 amide bonds. The third-order valence-corrected chi connectivity index (χ3v) is 8.61. The minimum Gasteiger partial charge on any atom is -0.512 e. The van der Waals surface area contributed by atoms with Crippen molar-refractivity contribution < 1.29 is 34.4 Å².